The third-order valence-electron chi connectivity index (χ3n) is 4.43. The monoisotopic (exact) mass is 292 g/mol. The highest BCUT2D eigenvalue weighted by Gasteiger charge is 2.30. The number of halogens is 1. The number of nitrogens with one attached hydrogen (secondary N) is 1. The predicted molar refractivity (Wildman–Crippen MR) is 88.4 cm³/mol. The summed E-state index contributed by atoms with van der Waals surface area (Å²) in [5.41, 5.74) is 2.22. The van der Waals surface area contributed by atoms with E-state index in [0.717, 1.165) is 18.7 Å². The number of hydrogen-bond acceptors (Lipinski definition) is 2. The van der Waals surface area contributed by atoms with Crippen LogP contribution in [0.4, 0.5) is 10.1 Å². The minimum Gasteiger partial charge on any atom is -0.365 e. The Labute approximate surface area is 128 Å². The summed E-state index contributed by atoms with van der Waals surface area (Å²) in [4.78, 5) is 2.49. The molecule has 1 aromatic carbocycles. The maximum absolute atomic E-state index is 13.4. The second-order valence-corrected chi connectivity index (χ2v) is 7.13. The van der Waals surface area contributed by atoms with Gasteiger partial charge in [0, 0.05) is 30.9 Å². The van der Waals surface area contributed by atoms with Gasteiger partial charge < -0.3 is 10.2 Å². The van der Waals surface area contributed by atoms with Gasteiger partial charge in [0.1, 0.15) is 5.82 Å². The van der Waals surface area contributed by atoms with Crippen molar-refractivity contribution in [3.63, 3.8) is 0 Å². The number of piperazine rings is 1. The van der Waals surface area contributed by atoms with E-state index in [0.29, 0.717) is 23.9 Å². The molecule has 2 nitrogen and oxygen atoms in total. The highest BCUT2D eigenvalue weighted by molar-refractivity contribution is 5.55. The Morgan fingerprint density at radius 3 is 2.57 bits per heavy atom. The molecule has 1 N–H and O–H groups in total. The third-order valence-corrected chi connectivity index (χ3v) is 4.43. The number of aryl methyl sites for hydroxylation is 1. The first kappa shape index (κ1) is 16.3. The highest BCUT2D eigenvalue weighted by atomic mass is 19.1. The molecule has 2 atom stereocenters. The number of anilines is 1. The molecule has 0 saturated carbocycles. The Morgan fingerprint density at radius 2 is 2.00 bits per heavy atom. The molecule has 1 saturated heterocycles. The minimum atomic E-state index is -0.147. The Hall–Kier alpha value is -1.09. The van der Waals surface area contributed by atoms with E-state index in [2.05, 4.69) is 37.9 Å². The quantitative estimate of drug-likeness (QED) is 0.903. The van der Waals surface area contributed by atoms with Crippen molar-refractivity contribution in [2.75, 3.05) is 18.0 Å². The van der Waals surface area contributed by atoms with Crippen molar-refractivity contribution in [2.24, 2.45) is 11.8 Å². The van der Waals surface area contributed by atoms with E-state index in [4.69, 9.17) is 0 Å². The molecule has 21 heavy (non-hydrogen) atoms. The van der Waals surface area contributed by atoms with Crippen molar-refractivity contribution < 1.29 is 4.39 Å². The molecule has 1 aromatic rings. The number of hydrogen-bond donors (Lipinski definition) is 1. The van der Waals surface area contributed by atoms with Crippen LogP contribution in [0.3, 0.4) is 0 Å². The molecule has 118 valence electrons. The lowest BCUT2D eigenvalue weighted by Crippen LogP contribution is -2.59. The lowest BCUT2D eigenvalue weighted by molar-refractivity contribution is 0.310. The van der Waals surface area contributed by atoms with E-state index >= 15 is 0 Å². The molecule has 3 heteroatoms. The first-order valence-corrected chi connectivity index (χ1v) is 8.14. The van der Waals surface area contributed by atoms with Crippen LogP contribution in [0.15, 0.2) is 18.2 Å². The molecular formula is C18H29FN2. The Balaban J connectivity index is 2.25. The average molecular weight is 292 g/mol. The topological polar surface area (TPSA) is 15.3 Å². The van der Waals surface area contributed by atoms with Gasteiger partial charge in [0.05, 0.1) is 0 Å². The van der Waals surface area contributed by atoms with Gasteiger partial charge in [-0.15, -0.1) is 0 Å². The summed E-state index contributed by atoms with van der Waals surface area (Å²) in [6.07, 6.45) is 1.18. The molecule has 0 aliphatic carbocycles. The lowest BCUT2D eigenvalue weighted by atomic mass is 9.93. The van der Waals surface area contributed by atoms with Crippen LogP contribution < -0.4 is 10.2 Å². The van der Waals surface area contributed by atoms with E-state index in [1.165, 1.54) is 12.1 Å². The van der Waals surface area contributed by atoms with Crippen LogP contribution in [0.25, 0.3) is 0 Å². The molecule has 2 rings (SSSR count). The minimum absolute atomic E-state index is 0.147. The molecule has 2 unspecified atom stereocenters. The summed E-state index contributed by atoms with van der Waals surface area (Å²) in [5, 5.41) is 3.70. The normalized spacial score (nSPS) is 23.1. The zero-order valence-electron chi connectivity index (χ0n) is 14.0. The maximum Gasteiger partial charge on any atom is 0.123 e. The van der Waals surface area contributed by atoms with Crippen LogP contribution in [0.5, 0.6) is 0 Å². The lowest BCUT2D eigenvalue weighted by Gasteiger charge is -2.45. The van der Waals surface area contributed by atoms with Crippen LogP contribution in [0, 0.1) is 24.6 Å². The van der Waals surface area contributed by atoms with Gasteiger partial charge in [-0.25, -0.2) is 4.39 Å². The van der Waals surface area contributed by atoms with Gasteiger partial charge in [-0.1, -0.05) is 27.7 Å². The van der Waals surface area contributed by atoms with E-state index in [1.54, 1.807) is 12.1 Å². The van der Waals surface area contributed by atoms with Crippen LogP contribution in [0.2, 0.25) is 0 Å². The number of rotatable bonds is 4. The van der Waals surface area contributed by atoms with E-state index in [1.807, 2.05) is 13.0 Å². The molecular weight excluding hydrogens is 263 g/mol. The van der Waals surface area contributed by atoms with Crippen LogP contribution in [0.1, 0.15) is 39.7 Å². The molecule has 0 spiro atoms. The summed E-state index contributed by atoms with van der Waals surface area (Å²) in [6, 6.07) is 6.16. The first-order valence-electron chi connectivity index (χ1n) is 8.14. The number of nitrogens with zero attached hydrogens (tertiary/aromatic N) is 1. The molecule has 1 heterocycles. The van der Waals surface area contributed by atoms with Crippen molar-refractivity contribution in [3.05, 3.63) is 29.6 Å². The Kier molecular flexibility index (Phi) is 5.26. The molecule has 0 bridgehead atoms. The largest absolute Gasteiger partial charge is 0.365 e. The summed E-state index contributed by atoms with van der Waals surface area (Å²) in [7, 11) is 0. The highest BCUT2D eigenvalue weighted by Crippen LogP contribution is 2.28. The maximum atomic E-state index is 13.4. The second-order valence-electron chi connectivity index (χ2n) is 7.13. The molecule has 1 aliphatic rings. The molecule has 1 aliphatic heterocycles. The Bertz CT molecular complexity index is 470. The van der Waals surface area contributed by atoms with E-state index < -0.39 is 0 Å². The molecule has 0 radical (unpaired) electrons. The number of benzene rings is 1. The smallest absolute Gasteiger partial charge is 0.123 e. The standard InChI is InChI=1S/C18H29FN2/c1-12(2)8-16-11-21(18(10-20-16)13(3)4)17-7-6-15(19)9-14(17)5/h6-7,9,12-13,16,18,20H,8,10-11H2,1-5H3. The van der Waals surface area contributed by atoms with Gasteiger partial charge in [0.15, 0.2) is 0 Å². The van der Waals surface area contributed by atoms with Crippen molar-refractivity contribution in [3.8, 4) is 0 Å². The van der Waals surface area contributed by atoms with Crippen LogP contribution in [-0.2, 0) is 0 Å². The second kappa shape index (κ2) is 6.78. The average Bonchev–Trinajstić information content (AvgIpc) is 2.37. The van der Waals surface area contributed by atoms with Gasteiger partial charge in [-0.3, -0.25) is 0 Å². The predicted octanol–water partition coefficient (Wildman–Crippen LogP) is 3.98. The molecule has 0 amide bonds. The van der Waals surface area contributed by atoms with Crippen molar-refractivity contribution >= 4 is 5.69 Å². The zero-order valence-corrected chi connectivity index (χ0v) is 14.0. The summed E-state index contributed by atoms with van der Waals surface area (Å²) < 4.78 is 13.4. The van der Waals surface area contributed by atoms with Crippen molar-refractivity contribution in [1.82, 2.24) is 5.32 Å². The van der Waals surface area contributed by atoms with Crippen LogP contribution >= 0.6 is 0 Å². The first-order chi connectivity index (χ1) is 9.88. The van der Waals surface area contributed by atoms with Crippen molar-refractivity contribution in [1.29, 1.82) is 0 Å². The fourth-order valence-electron chi connectivity index (χ4n) is 3.38. The summed E-state index contributed by atoms with van der Waals surface area (Å²) in [5.74, 6) is 1.11. The summed E-state index contributed by atoms with van der Waals surface area (Å²) in [6.45, 7) is 13.1. The zero-order chi connectivity index (χ0) is 15.6. The fraction of sp³-hybridized carbons (Fsp3) is 0.667. The third kappa shape index (κ3) is 3.97. The van der Waals surface area contributed by atoms with Gasteiger partial charge >= 0.3 is 0 Å². The van der Waals surface area contributed by atoms with Gasteiger partial charge in [0.2, 0.25) is 0 Å². The molecule has 0 aromatic heterocycles. The van der Waals surface area contributed by atoms with E-state index in [9.17, 15) is 4.39 Å². The fourth-order valence-corrected chi connectivity index (χ4v) is 3.38. The van der Waals surface area contributed by atoms with E-state index in [-0.39, 0.29) is 5.82 Å². The Morgan fingerprint density at radius 1 is 1.29 bits per heavy atom. The van der Waals surface area contributed by atoms with Gasteiger partial charge in [0.25, 0.3) is 0 Å². The van der Waals surface area contributed by atoms with Gasteiger partial charge in [-0.2, -0.15) is 0 Å². The van der Waals surface area contributed by atoms with Gasteiger partial charge in [-0.05, 0) is 48.9 Å². The summed E-state index contributed by atoms with van der Waals surface area (Å²) >= 11 is 0. The molecule has 1 fully saturated rings. The van der Waals surface area contributed by atoms with Crippen LogP contribution in [-0.4, -0.2) is 25.2 Å². The SMILES string of the molecule is Cc1cc(F)ccc1N1CC(CC(C)C)NCC1C(C)C. The van der Waals surface area contributed by atoms with Crippen molar-refractivity contribution in [2.45, 2.75) is 53.1 Å².